The van der Waals surface area contributed by atoms with Crippen LogP contribution in [-0.2, 0) is 9.53 Å². The van der Waals surface area contributed by atoms with Gasteiger partial charge in [-0.1, -0.05) is 44.2 Å². The molecule has 0 aliphatic rings. The summed E-state index contributed by atoms with van der Waals surface area (Å²) in [6.07, 6.45) is -0.773. The second kappa shape index (κ2) is 7.41. The second-order valence-corrected chi connectivity index (χ2v) is 4.70. The lowest BCUT2D eigenvalue weighted by Crippen LogP contribution is -2.31. The molecule has 1 amide bonds. The number of alkyl carbamates (subject to hydrolysis) is 1. The van der Waals surface area contributed by atoms with E-state index < -0.39 is 18.1 Å². The molecule has 1 aromatic carbocycles. The van der Waals surface area contributed by atoms with Crippen LogP contribution in [0.25, 0.3) is 0 Å². The van der Waals surface area contributed by atoms with Crippen LogP contribution in [0.2, 0.25) is 0 Å². The average Bonchev–Trinajstić information content (AvgIpc) is 2.36. The summed E-state index contributed by atoms with van der Waals surface area (Å²) >= 11 is 0. The largest absolute Gasteiger partial charge is 0.481 e. The minimum absolute atomic E-state index is 0.180. The highest BCUT2D eigenvalue weighted by atomic mass is 16.5. The van der Waals surface area contributed by atoms with Crippen LogP contribution in [0, 0.1) is 5.92 Å². The van der Waals surface area contributed by atoms with Crippen LogP contribution >= 0.6 is 0 Å². The topological polar surface area (TPSA) is 75.6 Å². The number of hydrogen-bond donors (Lipinski definition) is 2. The quantitative estimate of drug-likeness (QED) is 0.829. The van der Waals surface area contributed by atoms with Crippen molar-refractivity contribution in [2.75, 3.05) is 6.61 Å². The fourth-order valence-electron chi connectivity index (χ4n) is 1.54. The van der Waals surface area contributed by atoms with E-state index in [-0.39, 0.29) is 12.3 Å². The molecular weight excluding hydrogens is 246 g/mol. The number of nitrogens with one attached hydrogen (secondary N) is 1. The van der Waals surface area contributed by atoms with Crippen molar-refractivity contribution in [3.8, 4) is 0 Å². The van der Waals surface area contributed by atoms with Gasteiger partial charge in [0.05, 0.1) is 19.1 Å². The molecule has 1 unspecified atom stereocenters. The Morgan fingerprint density at radius 3 is 2.42 bits per heavy atom. The van der Waals surface area contributed by atoms with Crippen molar-refractivity contribution < 1.29 is 19.4 Å². The van der Waals surface area contributed by atoms with E-state index in [1.807, 2.05) is 19.9 Å². The summed E-state index contributed by atoms with van der Waals surface area (Å²) in [5.74, 6) is -0.738. The first kappa shape index (κ1) is 15.0. The van der Waals surface area contributed by atoms with Crippen LogP contribution < -0.4 is 5.32 Å². The molecule has 0 heterocycles. The number of rotatable bonds is 6. The number of ether oxygens (including phenoxy) is 1. The molecule has 19 heavy (non-hydrogen) atoms. The number of carbonyl (C=O) groups excluding carboxylic acids is 1. The first-order valence-electron chi connectivity index (χ1n) is 6.19. The van der Waals surface area contributed by atoms with Gasteiger partial charge in [0.15, 0.2) is 0 Å². The molecule has 0 fully saturated rings. The van der Waals surface area contributed by atoms with Crippen molar-refractivity contribution >= 4 is 12.1 Å². The smallest absolute Gasteiger partial charge is 0.407 e. The first-order valence-corrected chi connectivity index (χ1v) is 6.19. The maximum atomic E-state index is 11.6. The molecule has 0 radical (unpaired) electrons. The van der Waals surface area contributed by atoms with E-state index >= 15 is 0 Å². The summed E-state index contributed by atoms with van der Waals surface area (Å²) < 4.78 is 4.99. The molecule has 1 atom stereocenters. The summed E-state index contributed by atoms with van der Waals surface area (Å²) in [6.45, 7) is 4.17. The van der Waals surface area contributed by atoms with Gasteiger partial charge in [-0.25, -0.2) is 4.79 Å². The molecule has 1 rings (SSSR count). The number of aliphatic carboxylic acids is 1. The van der Waals surface area contributed by atoms with Crippen LogP contribution in [0.3, 0.4) is 0 Å². The summed E-state index contributed by atoms with van der Waals surface area (Å²) in [6, 6.07) is 8.39. The normalized spacial score (nSPS) is 11.9. The lowest BCUT2D eigenvalue weighted by Gasteiger charge is -2.17. The van der Waals surface area contributed by atoms with Crippen LogP contribution in [0.4, 0.5) is 4.79 Å². The summed E-state index contributed by atoms with van der Waals surface area (Å²) in [7, 11) is 0. The van der Waals surface area contributed by atoms with E-state index in [1.54, 1.807) is 24.3 Å². The van der Waals surface area contributed by atoms with Gasteiger partial charge in [-0.05, 0) is 11.5 Å². The average molecular weight is 265 g/mol. The molecular formula is C14H19NO4. The molecule has 5 heteroatoms. The zero-order chi connectivity index (χ0) is 14.3. The molecule has 0 saturated carbocycles. The SMILES string of the molecule is CC(C)COC(=O)NC(CC(=O)O)c1ccccc1. The Hall–Kier alpha value is -2.04. The van der Waals surface area contributed by atoms with E-state index in [1.165, 1.54) is 0 Å². The number of amides is 1. The predicted octanol–water partition coefficient (Wildman–Crippen LogP) is 2.58. The summed E-state index contributed by atoms with van der Waals surface area (Å²) in [4.78, 5) is 22.4. The van der Waals surface area contributed by atoms with Crippen molar-refractivity contribution in [2.24, 2.45) is 5.92 Å². The maximum absolute atomic E-state index is 11.6. The van der Waals surface area contributed by atoms with Gasteiger partial charge in [0.1, 0.15) is 0 Å². The summed E-state index contributed by atoms with van der Waals surface area (Å²) in [5, 5.41) is 11.5. The molecule has 0 bridgehead atoms. The van der Waals surface area contributed by atoms with E-state index in [0.29, 0.717) is 6.61 Å². The van der Waals surface area contributed by atoms with Crippen LogP contribution in [0.5, 0.6) is 0 Å². The minimum Gasteiger partial charge on any atom is -0.481 e. The minimum atomic E-state index is -0.974. The lowest BCUT2D eigenvalue weighted by molar-refractivity contribution is -0.137. The number of carbonyl (C=O) groups is 2. The molecule has 0 aliphatic carbocycles. The second-order valence-electron chi connectivity index (χ2n) is 4.70. The van der Waals surface area contributed by atoms with Crippen molar-refractivity contribution in [2.45, 2.75) is 26.3 Å². The Kier molecular flexibility index (Phi) is 5.85. The number of benzene rings is 1. The molecule has 1 aromatic rings. The fraction of sp³-hybridized carbons (Fsp3) is 0.429. The monoisotopic (exact) mass is 265 g/mol. The molecule has 104 valence electrons. The van der Waals surface area contributed by atoms with Gasteiger partial charge in [-0.3, -0.25) is 4.79 Å². The highest BCUT2D eigenvalue weighted by molar-refractivity contribution is 5.71. The summed E-state index contributed by atoms with van der Waals surface area (Å²) in [5.41, 5.74) is 0.742. The zero-order valence-electron chi connectivity index (χ0n) is 11.1. The van der Waals surface area contributed by atoms with Crippen molar-refractivity contribution in [1.29, 1.82) is 0 Å². The van der Waals surface area contributed by atoms with E-state index in [0.717, 1.165) is 5.56 Å². The molecule has 0 spiro atoms. The first-order chi connectivity index (χ1) is 8.99. The number of carboxylic acid groups (broad SMARTS) is 1. The van der Waals surface area contributed by atoms with Gasteiger partial charge in [0.2, 0.25) is 0 Å². The van der Waals surface area contributed by atoms with Gasteiger partial charge < -0.3 is 15.2 Å². The Morgan fingerprint density at radius 1 is 1.26 bits per heavy atom. The van der Waals surface area contributed by atoms with Gasteiger partial charge in [0, 0.05) is 0 Å². The van der Waals surface area contributed by atoms with E-state index in [2.05, 4.69) is 5.32 Å². The lowest BCUT2D eigenvalue weighted by atomic mass is 10.0. The van der Waals surface area contributed by atoms with Gasteiger partial charge >= 0.3 is 12.1 Å². The Balaban J connectivity index is 2.65. The van der Waals surface area contributed by atoms with E-state index in [9.17, 15) is 9.59 Å². The molecule has 0 aliphatic heterocycles. The maximum Gasteiger partial charge on any atom is 0.407 e. The highest BCUT2D eigenvalue weighted by Crippen LogP contribution is 2.16. The standard InChI is InChI=1S/C14H19NO4/c1-10(2)9-19-14(18)15-12(8-13(16)17)11-6-4-3-5-7-11/h3-7,10,12H,8-9H2,1-2H3,(H,15,18)(H,16,17). The third-order valence-corrected chi connectivity index (χ3v) is 2.42. The van der Waals surface area contributed by atoms with E-state index in [4.69, 9.17) is 9.84 Å². The molecule has 0 aromatic heterocycles. The Labute approximate surface area is 112 Å². The molecule has 2 N–H and O–H groups in total. The van der Waals surface area contributed by atoms with Crippen LogP contribution in [-0.4, -0.2) is 23.8 Å². The third kappa shape index (κ3) is 5.90. The predicted molar refractivity (Wildman–Crippen MR) is 70.8 cm³/mol. The van der Waals surface area contributed by atoms with Gasteiger partial charge in [0.25, 0.3) is 0 Å². The van der Waals surface area contributed by atoms with Crippen molar-refractivity contribution in [3.05, 3.63) is 35.9 Å². The molecule has 5 nitrogen and oxygen atoms in total. The van der Waals surface area contributed by atoms with Crippen LogP contribution in [0.1, 0.15) is 31.9 Å². The zero-order valence-corrected chi connectivity index (χ0v) is 11.1. The fourth-order valence-corrected chi connectivity index (χ4v) is 1.54. The number of hydrogen-bond acceptors (Lipinski definition) is 3. The van der Waals surface area contributed by atoms with Crippen molar-refractivity contribution in [3.63, 3.8) is 0 Å². The van der Waals surface area contributed by atoms with Gasteiger partial charge in [-0.2, -0.15) is 0 Å². The Bertz CT molecular complexity index is 417. The van der Waals surface area contributed by atoms with Gasteiger partial charge in [-0.15, -0.1) is 0 Å². The Morgan fingerprint density at radius 2 is 1.89 bits per heavy atom. The highest BCUT2D eigenvalue weighted by Gasteiger charge is 2.18. The number of carboxylic acids is 1. The van der Waals surface area contributed by atoms with Crippen molar-refractivity contribution in [1.82, 2.24) is 5.32 Å². The van der Waals surface area contributed by atoms with Crippen LogP contribution in [0.15, 0.2) is 30.3 Å². The third-order valence-electron chi connectivity index (χ3n) is 2.42. The molecule has 0 saturated heterocycles.